The second-order valence-corrected chi connectivity index (χ2v) is 4.29. The maximum Gasteiger partial charge on any atom is 0.253 e. The summed E-state index contributed by atoms with van der Waals surface area (Å²) >= 11 is 0. The van der Waals surface area contributed by atoms with E-state index in [0.29, 0.717) is 26.2 Å². The predicted molar refractivity (Wildman–Crippen MR) is 65.8 cm³/mol. The zero-order chi connectivity index (χ0) is 13.4. The van der Waals surface area contributed by atoms with Crippen molar-refractivity contribution in [1.82, 2.24) is 4.90 Å². The lowest BCUT2D eigenvalue weighted by Gasteiger charge is -2.13. The van der Waals surface area contributed by atoms with Crippen molar-refractivity contribution < 1.29 is 19.1 Å². The first-order valence-electron chi connectivity index (χ1n) is 6.22. The van der Waals surface area contributed by atoms with Crippen LogP contribution in [-0.4, -0.2) is 42.3 Å². The molecule has 1 aliphatic heterocycles. The van der Waals surface area contributed by atoms with Crippen molar-refractivity contribution in [1.29, 1.82) is 0 Å². The van der Waals surface area contributed by atoms with E-state index in [1.54, 1.807) is 6.92 Å². The van der Waals surface area contributed by atoms with Crippen LogP contribution in [0, 0.1) is 0 Å². The van der Waals surface area contributed by atoms with Crippen LogP contribution in [0.3, 0.4) is 0 Å². The van der Waals surface area contributed by atoms with E-state index in [-0.39, 0.29) is 17.6 Å². The maximum absolute atomic E-state index is 11.2. The Morgan fingerprint density at radius 2 is 1.78 bits per heavy atom. The Kier molecular flexibility index (Phi) is 6.28. The molecule has 5 heteroatoms. The van der Waals surface area contributed by atoms with E-state index in [1.165, 1.54) is 12.2 Å². The fourth-order valence-electron chi connectivity index (χ4n) is 1.66. The number of ketones is 1. The Labute approximate surface area is 107 Å². The van der Waals surface area contributed by atoms with Gasteiger partial charge in [0.25, 0.3) is 11.8 Å². The molecule has 1 rings (SSSR count). The van der Waals surface area contributed by atoms with Gasteiger partial charge in [-0.05, 0) is 19.8 Å². The summed E-state index contributed by atoms with van der Waals surface area (Å²) in [6.07, 6.45) is 5.92. The predicted octanol–water partition coefficient (Wildman–Crippen LogP) is 1.08. The van der Waals surface area contributed by atoms with Gasteiger partial charge in [-0.1, -0.05) is 6.42 Å². The summed E-state index contributed by atoms with van der Waals surface area (Å²) < 4.78 is 5.34. The smallest absolute Gasteiger partial charge is 0.253 e. The molecule has 0 bridgehead atoms. The number of ether oxygens (including phenoxy) is 1. The number of Topliss-reactive ketones (excluding diaryl/α,β-unsaturated/α-hetero) is 1. The molecule has 0 atom stereocenters. The maximum atomic E-state index is 11.2. The fourth-order valence-corrected chi connectivity index (χ4v) is 1.66. The third-order valence-electron chi connectivity index (χ3n) is 2.68. The van der Waals surface area contributed by atoms with Crippen molar-refractivity contribution in [3.8, 4) is 0 Å². The van der Waals surface area contributed by atoms with Crippen LogP contribution in [0.4, 0.5) is 0 Å². The molecular formula is C13H19NO4. The van der Waals surface area contributed by atoms with Crippen LogP contribution in [0.15, 0.2) is 12.2 Å². The van der Waals surface area contributed by atoms with Crippen LogP contribution in [0.2, 0.25) is 0 Å². The monoisotopic (exact) mass is 253 g/mol. The summed E-state index contributed by atoms with van der Waals surface area (Å²) in [7, 11) is 0. The summed E-state index contributed by atoms with van der Waals surface area (Å²) in [4.78, 5) is 34.2. The highest BCUT2D eigenvalue weighted by molar-refractivity contribution is 6.12. The topological polar surface area (TPSA) is 63.7 Å². The van der Waals surface area contributed by atoms with E-state index in [1.807, 2.05) is 0 Å². The molecule has 0 aromatic carbocycles. The molecule has 5 nitrogen and oxygen atoms in total. The minimum Gasteiger partial charge on any atom is -0.380 e. The van der Waals surface area contributed by atoms with E-state index >= 15 is 0 Å². The van der Waals surface area contributed by atoms with Crippen molar-refractivity contribution >= 4 is 17.6 Å². The average molecular weight is 253 g/mol. The van der Waals surface area contributed by atoms with Gasteiger partial charge < -0.3 is 9.53 Å². The van der Waals surface area contributed by atoms with E-state index in [9.17, 15) is 14.4 Å². The molecule has 0 saturated heterocycles. The summed E-state index contributed by atoms with van der Waals surface area (Å²) in [5.74, 6) is -0.329. The fraction of sp³-hybridized carbons (Fsp3) is 0.615. The molecule has 0 unspecified atom stereocenters. The van der Waals surface area contributed by atoms with Gasteiger partial charge in [0.1, 0.15) is 5.78 Å². The van der Waals surface area contributed by atoms with Crippen LogP contribution in [-0.2, 0) is 19.1 Å². The zero-order valence-electron chi connectivity index (χ0n) is 10.7. The van der Waals surface area contributed by atoms with Crippen molar-refractivity contribution in [2.45, 2.75) is 32.6 Å². The zero-order valence-corrected chi connectivity index (χ0v) is 10.7. The number of carbonyl (C=O) groups is 3. The molecule has 2 amide bonds. The number of hydrogen-bond donors (Lipinski definition) is 0. The lowest BCUT2D eigenvalue weighted by Crippen LogP contribution is -2.33. The Balaban J connectivity index is 1.94. The molecule has 100 valence electrons. The Hall–Kier alpha value is -1.49. The number of unbranched alkanes of at least 4 members (excludes halogenated alkanes) is 2. The van der Waals surface area contributed by atoms with Crippen molar-refractivity contribution in [2.75, 3.05) is 19.8 Å². The highest BCUT2D eigenvalue weighted by Crippen LogP contribution is 2.03. The second-order valence-electron chi connectivity index (χ2n) is 4.29. The van der Waals surface area contributed by atoms with Gasteiger partial charge in [-0.15, -0.1) is 0 Å². The van der Waals surface area contributed by atoms with Gasteiger partial charge in [-0.2, -0.15) is 0 Å². The van der Waals surface area contributed by atoms with Crippen LogP contribution >= 0.6 is 0 Å². The van der Waals surface area contributed by atoms with Crippen LogP contribution in [0.1, 0.15) is 32.6 Å². The normalized spacial score (nSPS) is 14.6. The lowest BCUT2D eigenvalue weighted by molar-refractivity contribution is -0.137. The largest absolute Gasteiger partial charge is 0.380 e. The van der Waals surface area contributed by atoms with Gasteiger partial charge in [-0.25, -0.2) is 0 Å². The summed E-state index contributed by atoms with van der Waals surface area (Å²) in [6, 6.07) is 0. The first-order chi connectivity index (χ1) is 8.61. The van der Waals surface area contributed by atoms with E-state index < -0.39 is 0 Å². The van der Waals surface area contributed by atoms with Crippen LogP contribution in [0.25, 0.3) is 0 Å². The van der Waals surface area contributed by atoms with Crippen LogP contribution < -0.4 is 0 Å². The molecular weight excluding hydrogens is 234 g/mol. The molecule has 0 N–H and O–H groups in total. The number of carbonyl (C=O) groups excluding carboxylic acids is 3. The summed E-state index contributed by atoms with van der Waals surface area (Å²) in [5, 5.41) is 0. The number of amides is 2. The van der Waals surface area contributed by atoms with Gasteiger partial charge in [-0.3, -0.25) is 14.5 Å². The minimum absolute atomic E-state index is 0.217. The standard InChI is InChI=1S/C13H19NO4/c1-11(15)5-3-2-4-9-18-10-8-14-12(16)6-7-13(14)17/h6-7H,2-5,8-10H2,1H3. The summed E-state index contributed by atoms with van der Waals surface area (Å²) in [6.45, 7) is 2.86. The van der Waals surface area contributed by atoms with E-state index in [2.05, 4.69) is 0 Å². The molecule has 1 aliphatic rings. The van der Waals surface area contributed by atoms with Crippen molar-refractivity contribution in [2.24, 2.45) is 0 Å². The Morgan fingerprint density at radius 3 is 2.39 bits per heavy atom. The summed E-state index contributed by atoms with van der Waals surface area (Å²) in [5.41, 5.74) is 0. The number of rotatable bonds is 9. The van der Waals surface area contributed by atoms with Gasteiger partial charge in [0.15, 0.2) is 0 Å². The van der Waals surface area contributed by atoms with Gasteiger partial charge in [0.05, 0.1) is 13.2 Å². The molecule has 1 heterocycles. The molecule has 0 radical (unpaired) electrons. The molecule has 0 saturated carbocycles. The molecule has 18 heavy (non-hydrogen) atoms. The molecule has 0 aliphatic carbocycles. The first kappa shape index (κ1) is 14.6. The van der Waals surface area contributed by atoms with Gasteiger partial charge in [0, 0.05) is 25.2 Å². The third-order valence-corrected chi connectivity index (χ3v) is 2.68. The van der Waals surface area contributed by atoms with Crippen LogP contribution in [0.5, 0.6) is 0 Å². The Bertz CT molecular complexity index is 331. The number of hydrogen-bond acceptors (Lipinski definition) is 4. The van der Waals surface area contributed by atoms with Crippen molar-refractivity contribution in [3.63, 3.8) is 0 Å². The molecule has 0 aromatic rings. The second kappa shape index (κ2) is 7.76. The molecule has 0 aromatic heterocycles. The molecule has 0 fully saturated rings. The third kappa shape index (κ3) is 5.23. The quantitative estimate of drug-likeness (QED) is 0.455. The highest BCUT2D eigenvalue weighted by atomic mass is 16.5. The average Bonchev–Trinajstić information content (AvgIpc) is 2.63. The lowest BCUT2D eigenvalue weighted by atomic mass is 10.1. The minimum atomic E-state index is -0.273. The number of nitrogens with zero attached hydrogens (tertiary/aromatic N) is 1. The van der Waals surface area contributed by atoms with Crippen molar-refractivity contribution in [3.05, 3.63) is 12.2 Å². The van der Waals surface area contributed by atoms with E-state index in [4.69, 9.17) is 4.74 Å². The molecule has 0 spiro atoms. The van der Waals surface area contributed by atoms with Gasteiger partial charge >= 0.3 is 0 Å². The SMILES string of the molecule is CC(=O)CCCCCOCCN1C(=O)C=CC1=O. The number of imide groups is 1. The van der Waals surface area contributed by atoms with E-state index in [0.717, 1.165) is 24.2 Å². The van der Waals surface area contributed by atoms with Gasteiger partial charge in [0.2, 0.25) is 0 Å². The first-order valence-corrected chi connectivity index (χ1v) is 6.22. The Morgan fingerprint density at radius 1 is 1.11 bits per heavy atom. The highest BCUT2D eigenvalue weighted by Gasteiger charge is 2.22.